The van der Waals surface area contributed by atoms with Crippen molar-refractivity contribution >= 4 is 5.95 Å². The minimum Gasteiger partial charge on any atom is -0.356 e. The van der Waals surface area contributed by atoms with Crippen LogP contribution in [0, 0.1) is 5.92 Å². The normalized spacial score (nSPS) is 14.8. The predicted octanol–water partition coefficient (Wildman–Crippen LogP) is 3.70. The van der Waals surface area contributed by atoms with Crippen molar-refractivity contribution in [1.82, 2.24) is 9.55 Å². The average Bonchev–Trinajstić information content (AvgIpc) is 2.74. The molecule has 0 bridgehead atoms. The molecule has 1 aromatic heterocycles. The summed E-state index contributed by atoms with van der Waals surface area (Å²) >= 11 is 0. The van der Waals surface area contributed by atoms with Gasteiger partial charge in [-0.25, -0.2) is 4.98 Å². The Morgan fingerprint density at radius 3 is 2.75 bits per heavy atom. The second kappa shape index (κ2) is 6.56. The summed E-state index contributed by atoms with van der Waals surface area (Å²) < 4.78 is 2.25. The molecule has 0 spiro atoms. The van der Waals surface area contributed by atoms with Crippen molar-refractivity contribution in [3.63, 3.8) is 0 Å². The lowest BCUT2D eigenvalue weighted by molar-refractivity contribution is 0.401. The first-order chi connectivity index (χ1) is 7.69. The molecule has 0 fully saturated rings. The quantitative estimate of drug-likeness (QED) is 0.763. The summed E-state index contributed by atoms with van der Waals surface area (Å²) in [5, 5.41) is 3.37. The molecular weight excluding hydrogens is 198 g/mol. The Bertz CT molecular complexity index is 293. The van der Waals surface area contributed by atoms with Gasteiger partial charge in [-0.05, 0) is 25.7 Å². The molecule has 1 N–H and O–H groups in total. The first-order valence-electron chi connectivity index (χ1n) is 6.45. The Morgan fingerprint density at radius 1 is 1.38 bits per heavy atom. The molecule has 2 atom stereocenters. The zero-order valence-corrected chi connectivity index (χ0v) is 11.0. The van der Waals surface area contributed by atoms with Gasteiger partial charge in [0.2, 0.25) is 5.95 Å². The van der Waals surface area contributed by atoms with E-state index in [2.05, 4.69) is 48.8 Å². The van der Waals surface area contributed by atoms with E-state index in [1.165, 1.54) is 12.8 Å². The van der Waals surface area contributed by atoms with Gasteiger partial charge in [-0.3, -0.25) is 0 Å². The van der Waals surface area contributed by atoms with Crippen molar-refractivity contribution in [2.75, 3.05) is 11.9 Å². The molecule has 0 saturated carbocycles. The highest BCUT2D eigenvalue weighted by atomic mass is 15.2. The van der Waals surface area contributed by atoms with Crippen LogP contribution < -0.4 is 5.32 Å². The van der Waals surface area contributed by atoms with Crippen LogP contribution in [-0.4, -0.2) is 16.1 Å². The summed E-state index contributed by atoms with van der Waals surface area (Å²) in [6.45, 7) is 10.00. The van der Waals surface area contributed by atoms with Crippen LogP contribution in [0.3, 0.4) is 0 Å². The van der Waals surface area contributed by atoms with Gasteiger partial charge in [0.1, 0.15) is 0 Å². The number of rotatable bonds is 7. The van der Waals surface area contributed by atoms with E-state index < -0.39 is 0 Å². The minimum absolute atomic E-state index is 0.525. The number of hydrogen-bond donors (Lipinski definition) is 1. The number of anilines is 1. The monoisotopic (exact) mass is 223 g/mol. The molecule has 3 heteroatoms. The van der Waals surface area contributed by atoms with Crippen LogP contribution >= 0.6 is 0 Å². The Balaban J connectivity index is 2.60. The van der Waals surface area contributed by atoms with E-state index in [1.54, 1.807) is 0 Å². The van der Waals surface area contributed by atoms with Gasteiger partial charge in [0, 0.05) is 25.0 Å². The van der Waals surface area contributed by atoms with Crippen molar-refractivity contribution in [2.24, 2.45) is 5.92 Å². The van der Waals surface area contributed by atoms with Crippen molar-refractivity contribution in [1.29, 1.82) is 0 Å². The Hall–Kier alpha value is -0.990. The van der Waals surface area contributed by atoms with Gasteiger partial charge in [0.15, 0.2) is 0 Å². The van der Waals surface area contributed by atoms with E-state index in [4.69, 9.17) is 0 Å². The Morgan fingerprint density at radius 2 is 2.12 bits per heavy atom. The van der Waals surface area contributed by atoms with Crippen molar-refractivity contribution in [2.45, 2.75) is 53.0 Å². The predicted molar refractivity (Wildman–Crippen MR) is 69.8 cm³/mol. The lowest BCUT2D eigenvalue weighted by Crippen LogP contribution is -2.13. The van der Waals surface area contributed by atoms with E-state index in [0.29, 0.717) is 6.04 Å². The fraction of sp³-hybridized carbons (Fsp3) is 0.769. The van der Waals surface area contributed by atoms with Crippen LogP contribution in [0.4, 0.5) is 5.95 Å². The first kappa shape index (κ1) is 13.1. The molecule has 0 aliphatic rings. The smallest absolute Gasteiger partial charge is 0.203 e. The molecule has 0 aromatic carbocycles. The van der Waals surface area contributed by atoms with Gasteiger partial charge in [-0.2, -0.15) is 0 Å². The van der Waals surface area contributed by atoms with Gasteiger partial charge in [0.05, 0.1) is 0 Å². The molecule has 2 unspecified atom stereocenters. The zero-order chi connectivity index (χ0) is 12.0. The highest BCUT2D eigenvalue weighted by molar-refractivity contribution is 5.26. The summed E-state index contributed by atoms with van der Waals surface area (Å²) in [5.74, 6) is 1.79. The Kier molecular flexibility index (Phi) is 5.36. The third-order valence-electron chi connectivity index (χ3n) is 3.12. The van der Waals surface area contributed by atoms with Gasteiger partial charge < -0.3 is 9.88 Å². The van der Waals surface area contributed by atoms with E-state index in [9.17, 15) is 0 Å². The molecule has 16 heavy (non-hydrogen) atoms. The molecule has 0 saturated heterocycles. The molecule has 0 aliphatic heterocycles. The maximum Gasteiger partial charge on any atom is 0.203 e. The van der Waals surface area contributed by atoms with E-state index in [1.807, 2.05) is 6.20 Å². The van der Waals surface area contributed by atoms with E-state index in [0.717, 1.165) is 24.8 Å². The number of imidazole rings is 1. The lowest BCUT2D eigenvalue weighted by Gasteiger charge is -2.19. The standard InChI is InChI=1S/C13H25N3/c1-5-7-14-13-15-8-9-16(13)12(4)10-11(3)6-2/h8-9,11-12H,5-7,10H2,1-4H3,(H,14,15). The molecular formula is C13H25N3. The average molecular weight is 223 g/mol. The fourth-order valence-corrected chi connectivity index (χ4v) is 1.90. The van der Waals surface area contributed by atoms with Crippen molar-refractivity contribution < 1.29 is 0 Å². The number of nitrogens with one attached hydrogen (secondary N) is 1. The van der Waals surface area contributed by atoms with Crippen molar-refractivity contribution in [3.8, 4) is 0 Å². The summed E-state index contributed by atoms with van der Waals surface area (Å²) in [7, 11) is 0. The van der Waals surface area contributed by atoms with Crippen LogP contribution in [0.5, 0.6) is 0 Å². The molecule has 92 valence electrons. The minimum atomic E-state index is 0.525. The van der Waals surface area contributed by atoms with E-state index >= 15 is 0 Å². The van der Waals surface area contributed by atoms with Gasteiger partial charge in [0.25, 0.3) is 0 Å². The van der Waals surface area contributed by atoms with Crippen LogP contribution in [-0.2, 0) is 0 Å². The molecule has 1 rings (SSSR count). The number of aromatic nitrogens is 2. The SMILES string of the molecule is CCCNc1nccn1C(C)CC(C)CC. The molecule has 0 amide bonds. The second-order valence-electron chi connectivity index (χ2n) is 4.68. The molecule has 1 heterocycles. The maximum absolute atomic E-state index is 4.36. The van der Waals surface area contributed by atoms with E-state index in [-0.39, 0.29) is 0 Å². The van der Waals surface area contributed by atoms with Crippen LogP contribution in [0.15, 0.2) is 12.4 Å². The van der Waals surface area contributed by atoms with Crippen molar-refractivity contribution in [3.05, 3.63) is 12.4 Å². The number of nitrogens with zero attached hydrogens (tertiary/aromatic N) is 2. The second-order valence-corrected chi connectivity index (χ2v) is 4.68. The maximum atomic E-state index is 4.36. The van der Waals surface area contributed by atoms with Gasteiger partial charge in [-0.1, -0.05) is 27.2 Å². The Labute approximate surface area is 99.3 Å². The largest absolute Gasteiger partial charge is 0.356 e. The zero-order valence-electron chi connectivity index (χ0n) is 11.0. The highest BCUT2D eigenvalue weighted by Gasteiger charge is 2.12. The summed E-state index contributed by atoms with van der Waals surface area (Å²) in [6, 6.07) is 0.525. The van der Waals surface area contributed by atoms with Crippen LogP contribution in [0.25, 0.3) is 0 Å². The molecule has 1 aromatic rings. The summed E-state index contributed by atoms with van der Waals surface area (Å²) in [4.78, 5) is 4.36. The molecule has 0 radical (unpaired) electrons. The third kappa shape index (κ3) is 3.54. The highest BCUT2D eigenvalue weighted by Crippen LogP contribution is 2.22. The van der Waals surface area contributed by atoms with Gasteiger partial charge >= 0.3 is 0 Å². The first-order valence-corrected chi connectivity index (χ1v) is 6.45. The third-order valence-corrected chi connectivity index (χ3v) is 3.12. The molecule has 3 nitrogen and oxygen atoms in total. The molecule has 0 aliphatic carbocycles. The van der Waals surface area contributed by atoms with Crippen LogP contribution in [0.2, 0.25) is 0 Å². The summed E-state index contributed by atoms with van der Waals surface area (Å²) in [5.41, 5.74) is 0. The lowest BCUT2D eigenvalue weighted by atomic mass is 10.0. The number of hydrogen-bond acceptors (Lipinski definition) is 2. The van der Waals surface area contributed by atoms with Crippen LogP contribution in [0.1, 0.15) is 53.0 Å². The topological polar surface area (TPSA) is 29.9 Å². The summed E-state index contributed by atoms with van der Waals surface area (Å²) in [6.07, 6.45) is 7.55. The fourth-order valence-electron chi connectivity index (χ4n) is 1.90. The van der Waals surface area contributed by atoms with Gasteiger partial charge in [-0.15, -0.1) is 0 Å².